The van der Waals surface area contributed by atoms with Crippen LogP contribution in [0.1, 0.15) is 10.4 Å². The van der Waals surface area contributed by atoms with E-state index in [2.05, 4.69) is 0 Å². The van der Waals surface area contributed by atoms with Crippen molar-refractivity contribution in [1.82, 2.24) is 4.72 Å². The minimum atomic E-state index is -4.96. The molecule has 1 unspecified atom stereocenters. The van der Waals surface area contributed by atoms with Crippen molar-refractivity contribution in [2.45, 2.75) is 17.2 Å². The highest BCUT2D eigenvalue weighted by molar-refractivity contribution is 14.1. The molecule has 0 aliphatic carbocycles. The van der Waals surface area contributed by atoms with Crippen molar-refractivity contribution in [3.63, 3.8) is 0 Å². The van der Waals surface area contributed by atoms with Crippen LogP contribution in [0.5, 0.6) is 0 Å². The molecule has 0 bridgehead atoms. The van der Waals surface area contributed by atoms with Crippen molar-refractivity contribution in [2.24, 2.45) is 0 Å². The fourth-order valence-electron chi connectivity index (χ4n) is 1.22. The summed E-state index contributed by atoms with van der Waals surface area (Å²) in [5.41, 5.74) is -0.296. The van der Waals surface area contributed by atoms with E-state index in [-0.39, 0.29) is 9.13 Å². The van der Waals surface area contributed by atoms with Gasteiger partial charge in [-0.2, -0.15) is 13.2 Å². The maximum Gasteiger partial charge on any atom is 0.415 e. The lowest BCUT2D eigenvalue weighted by Crippen LogP contribution is -2.40. The first-order valence-electron chi connectivity index (χ1n) is 5.22. The van der Waals surface area contributed by atoms with Crippen LogP contribution in [0.15, 0.2) is 23.1 Å². The smallest absolute Gasteiger partial charge is 0.415 e. The lowest BCUT2D eigenvalue weighted by Gasteiger charge is -2.15. The number of aliphatic hydroxyl groups excluding tert-OH is 1. The molecule has 0 saturated heterocycles. The lowest BCUT2D eigenvalue weighted by molar-refractivity contribution is -0.200. The first kappa shape index (κ1) is 18.1. The summed E-state index contributed by atoms with van der Waals surface area (Å²) in [6, 6.07) is 3.09. The SMILES string of the molecule is O=C(O)c1cc(S(=O)(=O)NCC(O)C(F)(F)F)ccc1I. The largest absolute Gasteiger partial charge is 0.478 e. The van der Waals surface area contributed by atoms with E-state index in [0.717, 1.165) is 12.1 Å². The number of hydrogen-bond donors (Lipinski definition) is 3. The zero-order valence-electron chi connectivity index (χ0n) is 10.1. The molecule has 0 aliphatic rings. The van der Waals surface area contributed by atoms with Gasteiger partial charge in [0.15, 0.2) is 6.10 Å². The van der Waals surface area contributed by atoms with Gasteiger partial charge in [-0.25, -0.2) is 17.9 Å². The number of hydrogen-bond acceptors (Lipinski definition) is 4. The molecule has 21 heavy (non-hydrogen) atoms. The first-order valence-corrected chi connectivity index (χ1v) is 7.78. The Morgan fingerprint density at radius 3 is 2.43 bits per heavy atom. The fraction of sp³-hybridized carbons (Fsp3) is 0.300. The third-order valence-electron chi connectivity index (χ3n) is 2.32. The first-order chi connectivity index (χ1) is 9.45. The molecule has 0 radical (unpaired) electrons. The Morgan fingerprint density at radius 2 is 1.95 bits per heavy atom. The standard InChI is InChI=1S/C10H9F3INO5S/c11-10(12,13)8(16)4-15-21(19,20)5-1-2-7(14)6(3-5)9(17)18/h1-3,8,15-16H,4H2,(H,17,18). The van der Waals surface area contributed by atoms with Gasteiger partial charge in [0.05, 0.1) is 10.5 Å². The van der Waals surface area contributed by atoms with Gasteiger partial charge in [0.1, 0.15) is 0 Å². The van der Waals surface area contributed by atoms with Crippen LogP contribution in [-0.4, -0.2) is 43.4 Å². The predicted octanol–water partition coefficient (Wildman–Crippen LogP) is 1.19. The Kier molecular flexibility index (Phi) is 5.57. The van der Waals surface area contributed by atoms with E-state index in [4.69, 9.17) is 10.2 Å². The highest BCUT2D eigenvalue weighted by Crippen LogP contribution is 2.21. The Labute approximate surface area is 131 Å². The van der Waals surface area contributed by atoms with E-state index in [1.807, 2.05) is 0 Å². The van der Waals surface area contributed by atoms with Crippen LogP contribution < -0.4 is 4.72 Å². The molecule has 0 spiro atoms. The summed E-state index contributed by atoms with van der Waals surface area (Å²) in [6.07, 6.45) is -7.81. The third-order valence-corrected chi connectivity index (χ3v) is 4.68. The van der Waals surface area contributed by atoms with Crippen LogP contribution in [0.4, 0.5) is 13.2 Å². The van der Waals surface area contributed by atoms with Crippen LogP contribution in [0.2, 0.25) is 0 Å². The molecule has 1 rings (SSSR count). The topological polar surface area (TPSA) is 104 Å². The molecule has 0 aromatic heterocycles. The normalized spacial score (nSPS) is 14.0. The fourth-order valence-corrected chi connectivity index (χ4v) is 2.85. The van der Waals surface area contributed by atoms with Crippen molar-refractivity contribution >= 4 is 38.6 Å². The molecule has 1 aromatic rings. The van der Waals surface area contributed by atoms with Crippen LogP contribution in [0, 0.1) is 3.57 Å². The van der Waals surface area contributed by atoms with Gasteiger partial charge in [-0.15, -0.1) is 0 Å². The number of aliphatic hydroxyl groups is 1. The van der Waals surface area contributed by atoms with Crippen molar-refractivity contribution < 1.29 is 36.6 Å². The van der Waals surface area contributed by atoms with E-state index in [0.29, 0.717) is 0 Å². The highest BCUT2D eigenvalue weighted by Gasteiger charge is 2.38. The average molecular weight is 439 g/mol. The molecule has 11 heteroatoms. The summed E-state index contributed by atoms with van der Waals surface area (Å²) in [5.74, 6) is -1.37. The molecule has 0 fully saturated rings. The van der Waals surface area contributed by atoms with E-state index in [9.17, 15) is 26.4 Å². The minimum absolute atomic E-state index is 0.273. The molecular formula is C10H9F3INO5S. The number of nitrogens with one attached hydrogen (secondary N) is 1. The molecule has 118 valence electrons. The quantitative estimate of drug-likeness (QED) is 0.599. The average Bonchev–Trinajstić information content (AvgIpc) is 2.34. The number of carboxylic acid groups (broad SMARTS) is 1. The number of rotatable bonds is 5. The Hall–Kier alpha value is -0.920. The molecule has 0 saturated carbocycles. The van der Waals surface area contributed by atoms with E-state index >= 15 is 0 Å². The molecule has 3 N–H and O–H groups in total. The predicted molar refractivity (Wildman–Crippen MR) is 73.4 cm³/mol. The summed E-state index contributed by atoms with van der Waals surface area (Å²) < 4.78 is 61.6. The van der Waals surface area contributed by atoms with Gasteiger partial charge in [-0.3, -0.25) is 0 Å². The van der Waals surface area contributed by atoms with Gasteiger partial charge < -0.3 is 10.2 Å². The van der Waals surface area contributed by atoms with Gasteiger partial charge in [-0.1, -0.05) is 0 Å². The number of carboxylic acids is 1. The Bertz CT molecular complexity index is 647. The van der Waals surface area contributed by atoms with Gasteiger partial charge in [0.25, 0.3) is 0 Å². The maximum absolute atomic E-state index is 12.1. The minimum Gasteiger partial charge on any atom is -0.478 e. The Balaban J connectivity index is 2.99. The van der Waals surface area contributed by atoms with Crippen LogP contribution in [-0.2, 0) is 10.0 Å². The zero-order valence-corrected chi connectivity index (χ0v) is 13.0. The van der Waals surface area contributed by atoms with Gasteiger partial charge in [0.2, 0.25) is 10.0 Å². The summed E-state index contributed by atoms with van der Waals surface area (Å²) in [6.45, 7) is -1.26. The maximum atomic E-state index is 12.1. The molecule has 1 atom stereocenters. The van der Waals surface area contributed by atoms with Crippen molar-refractivity contribution in [1.29, 1.82) is 0 Å². The second kappa shape index (κ2) is 6.46. The van der Waals surface area contributed by atoms with Gasteiger partial charge in [-0.05, 0) is 40.8 Å². The number of alkyl halides is 3. The second-order valence-corrected chi connectivity index (χ2v) is 6.79. The molecular weight excluding hydrogens is 430 g/mol. The van der Waals surface area contributed by atoms with Gasteiger partial charge >= 0.3 is 12.1 Å². The second-order valence-electron chi connectivity index (χ2n) is 3.86. The monoisotopic (exact) mass is 439 g/mol. The molecule has 0 heterocycles. The molecule has 0 amide bonds. The molecule has 1 aromatic carbocycles. The van der Waals surface area contributed by atoms with E-state index < -0.39 is 39.7 Å². The van der Waals surface area contributed by atoms with Crippen LogP contribution in [0.25, 0.3) is 0 Å². The summed E-state index contributed by atoms with van der Waals surface area (Å²) >= 11 is 1.68. The zero-order chi connectivity index (χ0) is 16.4. The highest BCUT2D eigenvalue weighted by atomic mass is 127. The number of aromatic carboxylic acids is 1. The van der Waals surface area contributed by atoms with Crippen molar-refractivity contribution in [3.05, 3.63) is 27.3 Å². The number of benzene rings is 1. The van der Waals surface area contributed by atoms with E-state index in [1.165, 1.54) is 6.07 Å². The van der Waals surface area contributed by atoms with Crippen molar-refractivity contribution in [3.8, 4) is 0 Å². The lowest BCUT2D eigenvalue weighted by atomic mass is 10.2. The number of carbonyl (C=O) groups is 1. The summed E-state index contributed by atoms with van der Waals surface area (Å²) in [4.78, 5) is 10.4. The van der Waals surface area contributed by atoms with Crippen LogP contribution in [0.3, 0.4) is 0 Å². The number of sulfonamides is 1. The van der Waals surface area contributed by atoms with Crippen molar-refractivity contribution in [2.75, 3.05) is 6.54 Å². The molecule has 0 aliphatic heterocycles. The van der Waals surface area contributed by atoms with Crippen LogP contribution >= 0.6 is 22.6 Å². The van der Waals surface area contributed by atoms with E-state index in [1.54, 1.807) is 27.3 Å². The summed E-state index contributed by atoms with van der Waals surface area (Å²) in [5, 5.41) is 17.6. The third kappa shape index (κ3) is 4.79. The number of halogens is 4. The molecule has 6 nitrogen and oxygen atoms in total. The van der Waals surface area contributed by atoms with Gasteiger partial charge in [0, 0.05) is 10.1 Å². The summed E-state index contributed by atoms with van der Waals surface area (Å²) in [7, 11) is -4.37. The Morgan fingerprint density at radius 1 is 1.38 bits per heavy atom.